The first-order chi connectivity index (χ1) is 10.6. The topological polar surface area (TPSA) is 38.5 Å². The lowest BCUT2D eigenvalue weighted by Crippen LogP contribution is -2.39. The second-order valence-electron chi connectivity index (χ2n) is 5.50. The van der Waals surface area contributed by atoms with Crippen LogP contribution >= 0.6 is 23.2 Å². The number of rotatable bonds is 3. The molecule has 0 amide bonds. The van der Waals surface area contributed by atoms with E-state index in [1.807, 2.05) is 36.4 Å². The smallest absolute Gasteiger partial charge is 0.145 e. The zero-order valence-corrected chi connectivity index (χ0v) is 13.9. The molecule has 1 heterocycles. The van der Waals surface area contributed by atoms with E-state index < -0.39 is 0 Å². The van der Waals surface area contributed by atoms with Crippen LogP contribution in [0.15, 0.2) is 36.4 Å². The Morgan fingerprint density at radius 1 is 1.18 bits per heavy atom. The summed E-state index contributed by atoms with van der Waals surface area (Å²) in [5, 5.41) is 1.16. The van der Waals surface area contributed by atoms with Gasteiger partial charge < -0.3 is 15.4 Å². The average molecular weight is 337 g/mol. The zero-order valence-electron chi connectivity index (χ0n) is 12.4. The van der Waals surface area contributed by atoms with Gasteiger partial charge in [-0.15, -0.1) is 0 Å². The third-order valence-electron chi connectivity index (χ3n) is 3.85. The van der Waals surface area contributed by atoms with E-state index >= 15 is 0 Å². The second kappa shape index (κ2) is 6.27. The number of ether oxygens (including phenoxy) is 1. The minimum atomic E-state index is 0.164. The Kier molecular flexibility index (Phi) is 4.37. The number of fused-ring (bicyclic) bond motifs is 1. The highest BCUT2D eigenvalue weighted by atomic mass is 35.5. The Labute approximate surface area is 140 Å². The van der Waals surface area contributed by atoms with Crippen LogP contribution in [0, 0.1) is 0 Å². The van der Waals surface area contributed by atoms with Gasteiger partial charge in [-0.1, -0.05) is 36.2 Å². The molecule has 1 atom stereocenters. The molecule has 2 aromatic rings. The summed E-state index contributed by atoms with van der Waals surface area (Å²) in [7, 11) is 0. The van der Waals surface area contributed by atoms with E-state index in [2.05, 4.69) is 11.8 Å². The van der Waals surface area contributed by atoms with Crippen LogP contribution in [0.5, 0.6) is 5.75 Å². The number of nitrogens with two attached hydrogens (primary N) is 1. The van der Waals surface area contributed by atoms with Gasteiger partial charge in [0.2, 0.25) is 0 Å². The first-order valence-corrected chi connectivity index (χ1v) is 8.07. The van der Waals surface area contributed by atoms with Crippen LogP contribution in [0.2, 0.25) is 10.0 Å². The van der Waals surface area contributed by atoms with Crippen LogP contribution in [-0.4, -0.2) is 12.6 Å². The van der Waals surface area contributed by atoms with Gasteiger partial charge in [-0.3, -0.25) is 0 Å². The minimum Gasteiger partial charge on any atom is -0.486 e. The summed E-state index contributed by atoms with van der Waals surface area (Å²) in [6.45, 7) is 3.72. The highest BCUT2D eigenvalue weighted by Crippen LogP contribution is 2.36. The fourth-order valence-electron chi connectivity index (χ4n) is 2.67. The summed E-state index contributed by atoms with van der Waals surface area (Å²) in [5.41, 5.74) is 8.77. The van der Waals surface area contributed by atoms with E-state index in [0.29, 0.717) is 15.7 Å². The van der Waals surface area contributed by atoms with Gasteiger partial charge in [-0.25, -0.2) is 0 Å². The lowest BCUT2D eigenvalue weighted by Gasteiger charge is -2.36. The van der Waals surface area contributed by atoms with Crippen LogP contribution in [0.25, 0.3) is 0 Å². The number of anilines is 2. The van der Waals surface area contributed by atoms with Crippen LogP contribution in [0.1, 0.15) is 18.9 Å². The summed E-state index contributed by atoms with van der Waals surface area (Å²) in [6, 6.07) is 11.5. The molecule has 0 fully saturated rings. The van der Waals surface area contributed by atoms with E-state index in [9.17, 15) is 0 Å². The summed E-state index contributed by atoms with van der Waals surface area (Å²) in [4.78, 5) is 2.30. The number of hydrogen-bond acceptors (Lipinski definition) is 3. The van der Waals surface area contributed by atoms with Crippen LogP contribution in [0.4, 0.5) is 11.4 Å². The van der Waals surface area contributed by atoms with Gasteiger partial charge in [0, 0.05) is 18.3 Å². The maximum Gasteiger partial charge on any atom is 0.145 e. The third-order valence-corrected chi connectivity index (χ3v) is 4.59. The zero-order chi connectivity index (χ0) is 15.7. The number of halogens is 2. The van der Waals surface area contributed by atoms with Crippen molar-refractivity contribution in [2.24, 2.45) is 0 Å². The SMILES string of the molecule is CCC1CN(Cc2ccc(Cl)c(Cl)c2)c2ccc(N)cc2O1. The molecule has 1 aliphatic heterocycles. The summed E-state index contributed by atoms with van der Waals surface area (Å²) in [6.07, 6.45) is 1.11. The molecule has 0 spiro atoms. The second-order valence-corrected chi connectivity index (χ2v) is 6.32. The van der Waals surface area contributed by atoms with Gasteiger partial charge in [0.05, 0.1) is 22.3 Å². The van der Waals surface area contributed by atoms with Crippen molar-refractivity contribution in [3.63, 3.8) is 0 Å². The summed E-state index contributed by atoms with van der Waals surface area (Å²) in [5.74, 6) is 0.846. The number of hydrogen-bond donors (Lipinski definition) is 1. The fraction of sp³-hybridized carbons (Fsp3) is 0.294. The van der Waals surface area contributed by atoms with Gasteiger partial charge in [0.15, 0.2) is 0 Å². The largest absolute Gasteiger partial charge is 0.486 e. The highest BCUT2D eigenvalue weighted by molar-refractivity contribution is 6.42. The average Bonchev–Trinajstić information content (AvgIpc) is 2.50. The van der Waals surface area contributed by atoms with Crippen molar-refractivity contribution < 1.29 is 4.74 Å². The molecular weight excluding hydrogens is 319 g/mol. The van der Waals surface area contributed by atoms with Gasteiger partial charge in [-0.2, -0.15) is 0 Å². The van der Waals surface area contributed by atoms with Crippen LogP contribution < -0.4 is 15.4 Å². The molecule has 1 aliphatic rings. The number of nitrogen functional groups attached to an aromatic ring is 1. The Morgan fingerprint density at radius 3 is 2.73 bits per heavy atom. The van der Waals surface area contributed by atoms with E-state index in [1.54, 1.807) is 0 Å². The van der Waals surface area contributed by atoms with Gasteiger partial charge >= 0.3 is 0 Å². The predicted molar refractivity (Wildman–Crippen MR) is 93.1 cm³/mol. The van der Waals surface area contributed by atoms with Gasteiger partial charge in [0.1, 0.15) is 11.9 Å². The fourth-order valence-corrected chi connectivity index (χ4v) is 2.99. The van der Waals surface area contributed by atoms with E-state index in [-0.39, 0.29) is 6.10 Å². The Morgan fingerprint density at radius 2 is 2.00 bits per heavy atom. The molecule has 0 aliphatic carbocycles. The molecule has 22 heavy (non-hydrogen) atoms. The van der Waals surface area contributed by atoms with Crippen molar-refractivity contribution in [3.8, 4) is 5.75 Å². The van der Waals surface area contributed by atoms with E-state index in [4.69, 9.17) is 33.7 Å². The van der Waals surface area contributed by atoms with Crippen molar-refractivity contribution in [1.29, 1.82) is 0 Å². The summed E-state index contributed by atoms with van der Waals surface area (Å²) >= 11 is 12.1. The Bertz CT molecular complexity index is 690. The molecule has 2 aromatic carbocycles. The lowest BCUT2D eigenvalue weighted by atomic mass is 10.1. The first kappa shape index (κ1) is 15.3. The van der Waals surface area contributed by atoms with Crippen molar-refractivity contribution >= 4 is 34.6 Å². The quantitative estimate of drug-likeness (QED) is 0.821. The molecule has 3 rings (SSSR count). The molecule has 0 radical (unpaired) electrons. The molecule has 0 saturated heterocycles. The first-order valence-electron chi connectivity index (χ1n) is 7.32. The normalized spacial score (nSPS) is 17.0. The molecule has 5 heteroatoms. The molecule has 0 saturated carbocycles. The molecule has 0 aromatic heterocycles. The van der Waals surface area contributed by atoms with Gasteiger partial charge in [0.25, 0.3) is 0 Å². The summed E-state index contributed by atoms with van der Waals surface area (Å²) < 4.78 is 6.00. The van der Waals surface area contributed by atoms with Crippen LogP contribution in [-0.2, 0) is 6.54 Å². The van der Waals surface area contributed by atoms with Crippen molar-refractivity contribution in [3.05, 3.63) is 52.0 Å². The van der Waals surface area contributed by atoms with Crippen molar-refractivity contribution in [1.82, 2.24) is 0 Å². The Hall–Kier alpha value is -1.58. The molecular formula is C17H18Cl2N2O. The van der Waals surface area contributed by atoms with Crippen molar-refractivity contribution in [2.45, 2.75) is 26.0 Å². The standard InChI is InChI=1S/C17H18Cl2N2O/c1-2-13-10-21(9-11-3-5-14(18)15(19)7-11)16-6-4-12(20)8-17(16)22-13/h3-8,13H,2,9-10,20H2,1H3. The van der Waals surface area contributed by atoms with Crippen molar-refractivity contribution in [2.75, 3.05) is 17.2 Å². The van der Waals surface area contributed by atoms with Crippen LogP contribution in [0.3, 0.4) is 0 Å². The van der Waals surface area contributed by atoms with E-state index in [0.717, 1.165) is 36.5 Å². The van der Waals surface area contributed by atoms with E-state index in [1.165, 1.54) is 0 Å². The molecule has 3 nitrogen and oxygen atoms in total. The lowest BCUT2D eigenvalue weighted by molar-refractivity contribution is 0.189. The third kappa shape index (κ3) is 3.11. The Balaban J connectivity index is 1.90. The predicted octanol–water partition coefficient (Wildman–Crippen LogP) is 4.75. The van der Waals surface area contributed by atoms with Gasteiger partial charge in [-0.05, 0) is 36.2 Å². The number of nitrogens with zero attached hydrogens (tertiary/aromatic N) is 1. The highest BCUT2D eigenvalue weighted by Gasteiger charge is 2.24. The molecule has 1 unspecified atom stereocenters. The maximum absolute atomic E-state index is 6.12. The maximum atomic E-state index is 6.12. The monoisotopic (exact) mass is 336 g/mol. The molecule has 2 N–H and O–H groups in total. The minimum absolute atomic E-state index is 0.164. The molecule has 0 bridgehead atoms. The molecule has 116 valence electrons. The number of benzene rings is 2.